The second-order valence-corrected chi connectivity index (χ2v) is 2.56. The molecular formula is C8H14O5. The third-order valence-electron chi connectivity index (χ3n) is 1.52. The zero-order valence-corrected chi connectivity index (χ0v) is 7.52. The summed E-state index contributed by atoms with van der Waals surface area (Å²) in [6.07, 6.45) is -0.162. The lowest BCUT2D eigenvalue weighted by Gasteiger charge is -2.11. The van der Waals surface area contributed by atoms with Gasteiger partial charge >= 0.3 is 11.9 Å². The van der Waals surface area contributed by atoms with Gasteiger partial charge in [0, 0.05) is 6.61 Å². The molecule has 1 unspecified atom stereocenters. The van der Waals surface area contributed by atoms with Crippen molar-refractivity contribution in [3.05, 3.63) is 0 Å². The van der Waals surface area contributed by atoms with Crippen LogP contribution in [0.25, 0.3) is 0 Å². The smallest absolute Gasteiger partial charge is 0.309 e. The van der Waals surface area contributed by atoms with Crippen LogP contribution < -0.4 is 0 Å². The number of rotatable bonds is 6. The molecular weight excluding hydrogens is 176 g/mol. The summed E-state index contributed by atoms with van der Waals surface area (Å²) in [5, 5.41) is 17.0. The van der Waals surface area contributed by atoms with Gasteiger partial charge in [-0.15, -0.1) is 0 Å². The summed E-state index contributed by atoms with van der Waals surface area (Å²) in [6, 6.07) is 0. The summed E-state index contributed by atoms with van der Waals surface area (Å²) in [5.74, 6) is -2.35. The Morgan fingerprint density at radius 3 is 2.46 bits per heavy atom. The van der Waals surface area contributed by atoms with Crippen molar-refractivity contribution in [2.24, 2.45) is 5.92 Å². The number of aliphatic hydroxyl groups is 1. The van der Waals surface area contributed by atoms with E-state index in [2.05, 4.69) is 4.74 Å². The Bertz CT molecular complexity index is 177. The van der Waals surface area contributed by atoms with E-state index in [4.69, 9.17) is 10.2 Å². The van der Waals surface area contributed by atoms with Crippen LogP contribution in [0.1, 0.15) is 19.8 Å². The summed E-state index contributed by atoms with van der Waals surface area (Å²) in [6.45, 7) is 1.66. The first-order chi connectivity index (χ1) is 6.11. The summed E-state index contributed by atoms with van der Waals surface area (Å²) in [7, 11) is 0. The molecule has 0 aromatic heterocycles. The lowest BCUT2D eigenvalue weighted by Crippen LogP contribution is -2.22. The topological polar surface area (TPSA) is 83.8 Å². The molecule has 0 aromatic rings. The van der Waals surface area contributed by atoms with E-state index < -0.39 is 17.9 Å². The van der Waals surface area contributed by atoms with Gasteiger partial charge in [0.05, 0.1) is 18.9 Å². The van der Waals surface area contributed by atoms with E-state index in [1.54, 1.807) is 6.92 Å². The maximum Gasteiger partial charge on any atom is 0.309 e. The van der Waals surface area contributed by atoms with Crippen LogP contribution in [0, 0.1) is 5.92 Å². The minimum absolute atomic E-state index is 0.130. The van der Waals surface area contributed by atoms with Crippen molar-refractivity contribution in [3.8, 4) is 0 Å². The van der Waals surface area contributed by atoms with Crippen molar-refractivity contribution in [2.45, 2.75) is 19.8 Å². The molecule has 0 aliphatic rings. The van der Waals surface area contributed by atoms with Crippen LogP contribution in [0.4, 0.5) is 0 Å². The van der Waals surface area contributed by atoms with Crippen molar-refractivity contribution in [3.63, 3.8) is 0 Å². The first kappa shape index (κ1) is 11.9. The number of carboxylic acids is 1. The van der Waals surface area contributed by atoms with E-state index in [9.17, 15) is 9.59 Å². The molecule has 0 spiro atoms. The second-order valence-electron chi connectivity index (χ2n) is 2.56. The molecule has 0 aliphatic heterocycles. The van der Waals surface area contributed by atoms with Gasteiger partial charge in [-0.25, -0.2) is 0 Å². The van der Waals surface area contributed by atoms with Crippen molar-refractivity contribution >= 4 is 11.9 Å². The highest BCUT2D eigenvalue weighted by Gasteiger charge is 2.21. The van der Waals surface area contributed by atoms with E-state index in [1.165, 1.54) is 0 Å². The first-order valence-electron chi connectivity index (χ1n) is 4.11. The Kier molecular flexibility index (Phi) is 5.88. The highest BCUT2D eigenvalue weighted by molar-refractivity contribution is 5.78. The lowest BCUT2D eigenvalue weighted by molar-refractivity contribution is -0.153. The number of hydrogen-bond donors (Lipinski definition) is 2. The SMILES string of the molecule is CCOC(=O)C(CCO)CC(=O)O. The van der Waals surface area contributed by atoms with Crippen molar-refractivity contribution < 1.29 is 24.5 Å². The lowest BCUT2D eigenvalue weighted by atomic mass is 10.0. The maximum atomic E-state index is 11.1. The fraction of sp³-hybridized carbons (Fsp3) is 0.750. The van der Waals surface area contributed by atoms with Gasteiger partial charge in [-0.2, -0.15) is 0 Å². The fourth-order valence-electron chi connectivity index (χ4n) is 0.930. The summed E-state index contributed by atoms with van der Waals surface area (Å²) in [5.41, 5.74) is 0. The van der Waals surface area contributed by atoms with Crippen LogP contribution in [-0.4, -0.2) is 35.4 Å². The number of aliphatic carboxylic acids is 1. The predicted octanol–water partition coefficient (Wildman–Crippen LogP) is 0.0228. The van der Waals surface area contributed by atoms with Crippen LogP contribution in [-0.2, 0) is 14.3 Å². The highest BCUT2D eigenvalue weighted by atomic mass is 16.5. The normalized spacial score (nSPS) is 12.2. The summed E-state index contributed by atoms with van der Waals surface area (Å²) >= 11 is 0. The highest BCUT2D eigenvalue weighted by Crippen LogP contribution is 2.10. The third kappa shape index (κ3) is 5.19. The minimum Gasteiger partial charge on any atom is -0.481 e. The Balaban J connectivity index is 4.06. The Morgan fingerprint density at radius 1 is 1.46 bits per heavy atom. The second kappa shape index (κ2) is 6.42. The molecule has 0 aromatic carbocycles. The number of ether oxygens (including phenoxy) is 1. The van der Waals surface area contributed by atoms with Gasteiger partial charge < -0.3 is 14.9 Å². The predicted molar refractivity (Wildman–Crippen MR) is 44.1 cm³/mol. The third-order valence-corrected chi connectivity index (χ3v) is 1.52. The summed E-state index contributed by atoms with van der Waals surface area (Å²) < 4.78 is 4.64. The molecule has 0 heterocycles. The molecule has 0 saturated carbocycles. The maximum absolute atomic E-state index is 11.1. The van der Waals surface area contributed by atoms with Gasteiger partial charge in [-0.1, -0.05) is 0 Å². The van der Waals surface area contributed by atoms with Gasteiger partial charge in [0.25, 0.3) is 0 Å². The molecule has 0 rings (SSSR count). The number of carbonyl (C=O) groups excluding carboxylic acids is 1. The number of aliphatic hydroxyl groups excluding tert-OH is 1. The molecule has 0 amide bonds. The molecule has 76 valence electrons. The van der Waals surface area contributed by atoms with E-state index in [0.717, 1.165) is 0 Å². The average Bonchev–Trinajstić information content (AvgIpc) is 2.03. The molecule has 0 saturated heterocycles. The van der Waals surface area contributed by atoms with Crippen molar-refractivity contribution in [1.82, 2.24) is 0 Å². The van der Waals surface area contributed by atoms with Gasteiger partial charge in [0.2, 0.25) is 0 Å². The molecule has 2 N–H and O–H groups in total. The molecule has 0 radical (unpaired) electrons. The quantitative estimate of drug-likeness (QED) is 0.577. The molecule has 0 aliphatic carbocycles. The van der Waals surface area contributed by atoms with Crippen molar-refractivity contribution in [2.75, 3.05) is 13.2 Å². The molecule has 0 bridgehead atoms. The van der Waals surface area contributed by atoms with Gasteiger partial charge in [0.15, 0.2) is 0 Å². The first-order valence-corrected chi connectivity index (χ1v) is 4.11. The zero-order valence-electron chi connectivity index (χ0n) is 7.52. The number of esters is 1. The Labute approximate surface area is 76.3 Å². The minimum atomic E-state index is -1.06. The number of carbonyl (C=O) groups is 2. The molecule has 5 nitrogen and oxygen atoms in total. The largest absolute Gasteiger partial charge is 0.481 e. The van der Waals surface area contributed by atoms with E-state index in [-0.39, 0.29) is 26.1 Å². The zero-order chi connectivity index (χ0) is 10.3. The van der Waals surface area contributed by atoms with Gasteiger partial charge in [-0.05, 0) is 13.3 Å². The van der Waals surface area contributed by atoms with Crippen LogP contribution >= 0.6 is 0 Å². The molecule has 13 heavy (non-hydrogen) atoms. The number of carboxylic acid groups (broad SMARTS) is 1. The van der Waals surface area contributed by atoms with E-state index in [1.807, 2.05) is 0 Å². The summed E-state index contributed by atoms with van der Waals surface area (Å²) in [4.78, 5) is 21.4. The van der Waals surface area contributed by atoms with Crippen LogP contribution in [0.2, 0.25) is 0 Å². The average molecular weight is 190 g/mol. The fourth-order valence-corrected chi connectivity index (χ4v) is 0.930. The number of hydrogen-bond acceptors (Lipinski definition) is 4. The van der Waals surface area contributed by atoms with Gasteiger partial charge in [0.1, 0.15) is 0 Å². The molecule has 0 fully saturated rings. The van der Waals surface area contributed by atoms with E-state index in [0.29, 0.717) is 0 Å². The van der Waals surface area contributed by atoms with Crippen LogP contribution in [0.3, 0.4) is 0 Å². The monoisotopic (exact) mass is 190 g/mol. The van der Waals surface area contributed by atoms with Crippen LogP contribution in [0.5, 0.6) is 0 Å². The van der Waals surface area contributed by atoms with E-state index >= 15 is 0 Å². The Morgan fingerprint density at radius 2 is 2.08 bits per heavy atom. The van der Waals surface area contributed by atoms with Crippen molar-refractivity contribution in [1.29, 1.82) is 0 Å². The van der Waals surface area contributed by atoms with Crippen LogP contribution in [0.15, 0.2) is 0 Å². The molecule has 1 atom stereocenters. The Hall–Kier alpha value is -1.10. The van der Waals surface area contributed by atoms with Gasteiger partial charge in [-0.3, -0.25) is 9.59 Å². The standard InChI is InChI=1S/C8H14O5/c1-2-13-8(12)6(3-4-9)5-7(10)11/h6,9H,2-5H2,1H3,(H,10,11). The molecule has 5 heteroatoms.